The first kappa shape index (κ1) is 13.4. The first-order valence-corrected chi connectivity index (χ1v) is 7.17. The van der Waals surface area contributed by atoms with Crippen LogP contribution in [0.15, 0.2) is 43.0 Å². The van der Waals surface area contributed by atoms with E-state index in [9.17, 15) is 9.59 Å². The van der Waals surface area contributed by atoms with E-state index in [4.69, 9.17) is 5.73 Å². The van der Waals surface area contributed by atoms with Gasteiger partial charge in [-0.05, 0) is 24.1 Å². The molecule has 3 aromatic rings. The maximum Gasteiger partial charge on any atom is 0.276 e. The molecule has 0 saturated heterocycles. The fraction of sp³-hybridized carbons (Fsp3) is 0.125. The summed E-state index contributed by atoms with van der Waals surface area (Å²) in [6.07, 6.45) is 7.19. The number of nitrogens with two attached hydrogens (primary N) is 1. The van der Waals surface area contributed by atoms with Gasteiger partial charge in [0.25, 0.3) is 5.91 Å². The molecular formula is C16H13N5O2. The van der Waals surface area contributed by atoms with Gasteiger partial charge in [-0.2, -0.15) is 0 Å². The molecule has 0 radical (unpaired) electrons. The van der Waals surface area contributed by atoms with Gasteiger partial charge in [0.05, 0.1) is 12.4 Å². The van der Waals surface area contributed by atoms with Crippen LogP contribution in [-0.4, -0.2) is 32.7 Å². The molecule has 114 valence electrons. The Kier molecular flexibility index (Phi) is 2.87. The number of amides is 2. The van der Waals surface area contributed by atoms with Crippen molar-refractivity contribution in [1.82, 2.24) is 14.4 Å². The molecule has 0 bridgehead atoms. The molecule has 0 atom stereocenters. The fourth-order valence-electron chi connectivity index (χ4n) is 2.88. The second kappa shape index (κ2) is 4.91. The largest absolute Gasteiger partial charge is 0.366 e. The molecule has 0 unspecified atom stereocenters. The number of carbonyl (C=O) groups is 2. The number of anilines is 1. The minimum Gasteiger partial charge on any atom is -0.366 e. The van der Waals surface area contributed by atoms with Gasteiger partial charge in [-0.25, -0.2) is 4.98 Å². The van der Waals surface area contributed by atoms with E-state index < -0.39 is 5.91 Å². The Labute approximate surface area is 131 Å². The van der Waals surface area contributed by atoms with Gasteiger partial charge in [0.15, 0.2) is 5.65 Å². The van der Waals surface area contributed by atoms with E-state index in [0.29, 0.717) is 23.4 Å². The number of hydrogen-bond acceptors (Lipinski definition) is 4. The van der Waals surface area contributed by atoms with E-state index in [1.54, 1.807) is 40.0 Å². The summed E-state index contributed by atoms with van der Waals surface area (Å²) >= 11 is 0. The van der Waals surface area contributed by atoms with Crippen LogP contribution in [0.3, 0.4) is 0 Å². The van der Waals surface area contributed by atoms with Crippen molar-refractivity contribution in [2.45, 2.75) is 6.42 Å². The molecule has 1 aromatic carbocycles. The van der Waals surface area contributed by atoms with Crippen molar-refractivity contribution in [3.8, 4) is 0 Å². The lowest BCUT2D eigenvalue weighted by molar-refractivity contribution is 0.0978. The minimum absolute atomic E-state index is 0.163. The average molecular weight is 307 g/mol. The SMILES string of the molecule is NC(=O)c1ccc2c(c1)N(C(=O)c1cnc3cnccn13)CC2. The Bertz CT molecular complexity index is 947. The number of carbonyl (C=O) groups excluding carboxylic acids is 2. The van der Waals surface area contributed by atoms with Crippen molar-refractivity contribution in [1.29, 1.82) is 0 Å². The highest BCUT2D eigenvalue weighted by atomic mass is 16.2. The van der Waals surface area contributed by atoms with Crippen molar-refractivity contribution in [2.75, 3.05) is 11.4 Å². The standard InChI is InChI=1S/C16H13N5O2/c17-15(22)11-2-1-10-3-5-21(12(10)7-11)16(23)13-8-19-14-9-18-4-6-20(13)14/h1-2,4,6-9H,3,5H2,(H2,17,22). The van der Waals surface area contributed by atoms with Crippen LogP contribution in [0.25, 0.3) is 5.65 Å². The maximum atomic E-state index is 12.9. The summed E-state index contributed by atoms with van der Waals surface area (Å²) in [6.45, 7) is 0.564. The highest BCUT2D eigenvalue weighted by molar-refractivity contribution is 6.07. The van der Waals surface area contributed by atoms with Crippen molar-refractivity contribution in [3.05, 3.63) is 59.8 Å². The second-order valence-corrected chi connectivity index (χ2v) is 5.36. The average Bonchev–Trinajstić information content (AvgIpc) is 3.17. The van der Waals surface area contributed by atoms with Crippen LogP contribution >= 0.6 is 0 Å². The molecule has 0 saturated carbocycles. The van der Waals surface area contributed by atoms with Crippen molar-refractivity contribution >= 4 is 23.1 Å². The van der Waals surface area contributed by atoms with Crippen LogP contribution in [0.4, 0.5) is 5.69 Å². The third kappa shape index (κ3) is 2.05. The summed E-state index contributed by atoms with van der Waals surface area (Å²) in [5.74, 6) is -0.669. The number of aromatic nitrogens is 3. The van der Waals surface area contributed by atoms with E-state index in [1.165, 1.54) is 6.20 Å². The molecule has 7 nitrogen and oxygen atoms in total. The summed E-state index contributed by atoms with van der Waals surface area (Å²) in [5, 5.41) is 0. The van der Waals surface area contributed by atoms with Crippen LogP contribution in [-0.2, 0) is 6.42 Å². The second-order valence-electron chi connectivity index (χ2n) is 5.36. The zero-order chi connectivity index (χ0) is 16.0. The van der Waals surface area contributed by atoms with Gasteiger partial charge < -0.3 is 10.6 Å². The number of primary amides is 1. The number of benzene rings is 1. The molecule has 0 spiro atoms. The molecule has 23 heavy (non-hydrogen) atoms. The topological polar surface area (TPSA) is 93.6 Å². The predicted octanol–water partition coefficient (Wildman–Crippen LogP) is 1.03. The molecule has 2 N–H and O–H groups in total. The molecular weight excluding hydrogens is 294 g/mol. The zero-order valence-electron chi connectivity index (χ0n) is 12.1. The van der Waals surface area contributed by atoms with Gasteiger partial charge in [0.2, 0.25) is 5.91 Å². The van der Waals surface area contributed by atoms with Crippen LogP contribution in [0.2, 0.25) is 0 Å². The van der Waals surface area contributed by atoms with E-state index >= 15 is 0 Å². The number of imidazole rings is 1. The number of nitrogens with zero attached hydrogens (tertiary/aromatic N) is 4. The third-order valence-electron chi connectivity index (χ3n) is 4.05. The third-order valence-corrected chi connectivity index (χ3v) is 4.05. The molecule has 0 fully saturated rings. The van der Waals surface area contributed by atoms with Crippen molar-refractivity contribution < 1.29 is 9.59 Å². The Morgan fingerprint density at radius 2 is 2.09 bits per heavy atom. The number of rotatable bonds is 2. The molecule has 0 aliphatic carbocycles. The molecule has 1 aliphatic rings. The van der Waals surface area contributed by atoms with E-state index in [2.05, 4.69) is 9.97 Å². The predicted molar refractivity (Wildman–Crippen MR) is 83.3 cm³/mol. The Hall–Kier alpha value is -3.22. The lowest BCUT2D eigenvalue weighted by Gasteiger charge is -2.17. The van der Waals surface area contributed by atoms with Crippen LogP contribution in [0, 0.1) is 0 Å². The van der Waals surface area contributed by atoms with Gasteiger partial charge in [0.1, 0.15) is 5.69 Å². The molecule has 4 rings (SSSR count). The summed E-state index contributed by atoms with van der Waals surface area (Å²) in [7, 11) is 0. The zero-order valence-corrected chi connectivity index (χ0v) is 12.1. The highest BCUT2D eigenvalue weighted by Crippen LogP contribution is 2.30. The van der Waals surface area contributed by atoms with Gasteiger partial charge >= 0.3 is 0 Å². The molecule has 7 heteroatoms. The number of hydrogen-bond donors (Lipinski definition) is 1. The van der Waals surface area contributed by atoms with Crippen LogP contribution in [0.5, 0.6) is 0 Å². The Balaban J connectivity index is 1.77. The molecule has 2 aromatic heterocycles. The first-order valence-electron chi connectivity index (χ1n) is 7.17. The summed E-state index contributed by atoms with van der Waals surface area (Å²) in [6, 6.07) is 5.21. The van der Waals surface area contributed by atoms with Crippen molar-refractivity contribution in [2.24, 2.45) is 5.73 Å². The highest BCUT2D eigenvalue weighted by Gasteiger charge is 2.28. The van der Waals surface area contributed by atoms with Gasteiger partial charge in [-0.1, -0.05) is 6.07 Å². The van der Waals surface area contributed by atoms with Gasteiger partial charge in [0, 0.05) is 30.2 Å². The van der Waals surface area contributed by atoms with Gasteiger partial charge in [-0.15, -0.1) is 0 Å². The molecule has 2 amide bonds. The lowest BCUT2D eigenvalue weighted by atomic mass is 10.1. The normalized spacial score (nSPS) is 13.3. The summed E-state index contributed by atoms with van der Waals surface area (Å²) < 4.78 is 1.70. The Morgan fingerprint density at radius 1 is 1.22 bits per heavy atom. The van der Waals surface area contributed by atoms with E-state index in [1.807, 2.05) is 6.07 Å². The van der Waals surface area contributed by atoms with Crippen LogP contribution < -0.4 is 10.6 Å². The molecule has 3 heterocycles. The monoisotopic (exact) mass is 307 g/mol. The van der Waals surface area contributed by atoms with Crippen molar-refractivity contribution in [3.63, 3.8) is 0 Å². The van der Waals surface area contributed by atoms with E-state index in [-0.39, 0.29) is 5.91 Å². The molecule has 1 aliphatic heterocycles. The summed E-state index contributed by atoms with van der Waals surface area (Å²) in [5.41, 5.74) is 8.56. The quantitative estimate of drug-likeness (QED) is 0.765. The van der Waals surface area contributed by atoms with Gasteiger partial charge in [-0.3, -0.25) is 19.0 Å². The Morgan fingerprint density at radius 3 is 2.91 bits per heavy atom. The van der Waals surface area contributed by atoms with E-state index in [0.717, 1.165) is 17.7 Å². The smallest absolute Gasteiger partial charge is 0.276 e. The number of fused-ring (bicyclic) bond motifs is 2. The lowest BCUT2D eigenvalue weighted by Crippen LogP contribution is -2.30. The maximum absolute atomic E-state index is 12.9. The summed E-state index contributed by atoms with van der Waals surface area (Å²) in [4.78, 5) is 34.1. The minimum atomic E-state index is -0.507. The van der Waals surface area contributed by atoms with Crippen LogP contribution in [0.1, 0.15) is 26.4 Å². The fourth-order valence-corrected chi connectivity index (χ4v) is 2.88. The first-order chi connectivity index (χ1) is 11.1.